The number of nitrogens with one attached hydrogen (secondary N) is 2. The maximum Gasteiger partial charge on any atom is 0.256 e. The minimum Gasteiger partial charge on any atom is -0.453 e. The van der Waals surface area contributed by atoms with Crippen LogP contribution in [0.5, 0.6) is 5.75 Å². The van der Waals surface area contributed by atoms with Gasteiger partial charge in [0.2, 0.25) is 5.43 Å². The highest BCUT2D eigenvalue weighted by atomic mass is 19.1. The fourth-order valence-electron chi connectivity index (χ4n) is 4.80. The molecule has 210 valence electrons. The maximum absolute atomic E-state index is 15.6. The fraction of sp³-hybridized carbons (Fsp3) is 0.448. The monoisotopic (exact) mass is 538 g/mol. The topological polar surface area (TPSA) is 105 Å². The van der Waals surface area contributed by atoms with Crippen LogP contribution in [0.3, 0.4) is 0 Å². The van der Waals surface area contributed by atoms with Crippen LogP contribution in [-0.4, -0.2) is 79.7 Å². The van der Waals surface area contributed by atoms with E-state index in [1.165, 1.54) is 12.3 Å². The van der Waals surface area contributed by atoms with Gasteiger partial charge >= 0.3 is 0 Å². The molecular formula is C29H39FN6O3. The van der Waals surface area contributed by atoms with Gasteiger partial charge in [-0.2, -0.15) is 0 Å². The zero-order valence-corrected chi connectivity index (χ0v) is 22.7. The maximum atomic E-state index is 15.6. The highest BCUT2D eigenvalue weighted by Crippen LogP contribution is 2.37. The predicted octanol–water partition coefficient (Wildman–Crippen LogP) is 2.68. The smallest absolute Gasteiger partial charge is 0.256 e. The number of anilines is 1. The molecule has 9 nitrogen and oxygen atoms in total. The summed E-state index contributed by atoms with van der Waals surface area (Å²) in [6.45, 7) is 10.8. The van der Waals surface area contributed by atoms with E-state index in [-0.39, 0.29) is 22.4 Å². The number of pyridine rings is 1. The number of hydrogen-bond donors (Lipinski definition) is 3. The van der Waals surface area contributed by atoms with Crippen molar-refractivity contribution in [3.8, 4) is 5.75 Å². The van der Waals surface area contributed by atoms with E-state index in [0.29, 0.717) is 43.9 Å². The lowest BCUT2D eigenvalue weighted by atomic mass is 10.1. The number of allylic oxidation sites excluding steroid dienone is 4. The summed E-state index contributed by atoms with van der Waals surface area (Å²) in [6.07, 6.45) is 11.0. The van der Waals surface area contributed by atoms with Gasteiger partial charge in [0.05, 0.1) is 10.9 Å². The zero-order chi connectivity index (χ0) is 27.8. The number of benzene rings is 1. The number of likely N-dealkylation sites (N-methyl/N-ethyl adjacent to an activating group) is 1. The van der Waals surface area contributed by atoms with E-state index in [1.54, 1.807) is 16.7 Å². The summed E-state index contributed by atoms with van der Waals surface area (Å²) in [5.74, 6) is -0.635. The van der Waals surface area contributed by atoms with Crippen LogP contribution in [0.25, 0.3) is 10.9 Å². The quantitative estimate of drug-likeness (QED) is 0.400. The molecule has 10 heteroatoms. The third-order valence-corrected chi connectivity index (χ3v) is 7.04. The molecule has 0 spiro atoms. The molecule has 1 saturated heterocycles. The number of rotatable bonds is 10. The first-order valence-corrected chi connectivity index (χ1v) is 13.6. The first-order chi connectivity index (χ1) is 18.9. The SMILES string of the molecule is C=C1/C=C\C=C/Cn2cc(C(=O)NCCCCN)c(=O)c3cc(F)c(NCCCN4CCN(C)CC4)c(c32)O1. The van der Waals surface area contributed by atoms with Crippen LogP contribution in [-0.2, 0) is 6.54 Å². The van der Waals surface area contributed by atoms with E-state index in [0.717, 1.165) is 45.6 Å². The number of hydrogen-bond acceptors (Lipinski definition) is 7. The van der Waals surface area contributed by atoms with Gasteiger partial charge in [-0.15, -0.1) is 0 Å². The summed E-state index contributed by atoms with van der Waals surface area (Å²) >= 11 is 0. The fourth-order valence-corrected chi connectivity index (χ4v) is 4.80. The number of ether oxygens (including phenoxy) is 1. The summed E-state index contributed by atoms with van der Waals surface area (Å²) in [4.78, 5) is 31.1. The van der Waals surface area contributed by atoms with Gasteiger partial charge in [0, 0.05) is 52.0 Å². The van der Waals surface area contributed by atoms with Crippen LogP contribution >= 0.6 is 0 Å². The molecule has 0 atom stereocenters. The van der Waals surface area contributed by atoms with Gasteiger partial charge in [0.25, 0.3) is 5.91 Å². The molecule has 1 amide bonds. The average molecular weight is 539 g/mol. The van der Waals surface area contributed by atoms with Gasteiger partial charge in [0.15, 0.2) is 11.6 Å². The number of piperazine rings is 1. The number of halogens is 1. The van der Waals surface area contributed by atoms with Crippen molar-refractivity contribution in [2.24, 2.45) is 5.73 Å². The molecule has 0 unspecified atom stereocenters. The first kappa shape index (κ1) is 28.5. The molecule has 4 N–H and O–H groups in total. The Morgan fingerprint density at radius 2 is 1.95 bits per heavy atom. The lowest BCUT2D eigenvalue weighted by Gasteiger charge is -2.32. The Morgan fingerprint density at radius 1 is 1.15 bits per heavy atom. The number of nitrogens with two attached hydrogens (primary N) is 1. The third kappa shape index (κ3) is 7.14. The Morgan fingerprint density at radius 3 is 2.72 bits per heavy atom. The molecule has 0 radical (unpaired) electrons. The Hall–Kier alpha value is -3.47. The van der Waals surface area contributed by atoms with Crippen molar-refractivity contribution >= 4 is 22.5 Å². The molecule has 2 aliphatic heterocycles. The number of amides is 1. The second-order valence-electron chi connectivity index (χ2n) is 10.0. The largest absolute Gasteiger partial charge is 0.453 e. The van der Waals surface area contributed by atoms with Crippen LogP contribution in [0, 0.1) is 5.82 Å². The van der Waals surface area contributed by atoms with Crippen LogP contribution in [0.2, 0.25) is 0 Å². The molecule has 1 aromatic heterocycles. The third-order valence-electron chi connectivity index (χ3n) is 7.04. The first-order valence-electron chi connectivity index (χ1n) is 13.6. The molecule has 1 fully saturated rings. The minimum absolute atomic E-state index is 0.0479. The molecule has 0 saturated carbocycles. The summed E-state index contributed by atoms with van der Waals surface area (Å²) in [6, 6.07) is 1.20. The summed E-state index contributed by atoms with van der Waals surface area (Å²) in [5.41, 5.74) is 5.51. The Balaban J connectivity index is 1.66. The molecule has 0 bridgehead atoms. The molecule has 39 heavy (non-hydrogen) atoms. The van der Waals surface area contributed by atoms with Crippen molar-refractivity contribution in [2.45, 2.75) is 25.8 Å². The van der Waals surface area contributed by atoms with Crippen molar-refractivity contribution in [2.75, 3.05) is 64.7 Å². The molecule has 4 rings (SSSR count). The lowest BCUT2D eigenvalue weighted by molar-refractivity contribution is 0.0951. The minimum atomic E-state index is -0.620. The van der Waals surface area contributed by atoms with Gasteiger partial charge in [-0.05, 0) is 51.5 Å². The molecular weight excluding hydrogens is 499 g/mol. The Labute approximate surface area is 228 Å². The highest BCUT2D eigenvalue weighted by molar-refractivity contribution is 5.99. The lowest BCUT2D eigenvalue weighted by Crippen LogP contribution is -2.44. The normalized spacial score (nSPS) is 18.0. The summed E-state index contributed by atoms with van der Waals surface area (Å²) in [7, 11) is 2.12. The van der Waals surface area contributed by atoms with Crippen LogP contribution in [0.1, 0.15) is 29.6 Å². The average Bonchev–Trinajstić information content (AvgIpc) is 2.92. The van der Waals surface area contributed by atoms with Crippen LogP contribution in [0.15, 0.2) is 53.7 Å². The molecule has 2 aliphatic rings. The van der Waals surface area contributed by atoms with E-state index in [4.69, 9.17) is 10.5 Å². The van der Waals surface area contributed by atoms with Gasteiger partial charge in [-0.1, -0.05) is 24.8 Å². The van der Waals surface area contributed by atoms with E-state index in [2.05, 4.69) is 34.1 Å². The highest BCUT2D eigenvalue weighted by Gasteiger charge is 2.24. The van der Waals surface area contributed by atoms with E-state index < -0.39 is 17.2 Å². The predicted molar refractivity (Wildman–Crippen MR) is 154 cm³/mol. The van der Waals surface area contributed by atoms with Gasteiger partial charge in [-0.25, -0.2) is 4.39 Å². The number of aromatic nitrogens is 1. The number of carbonyl (C=O) groups is 1. The van der Waals surface area contributed by atoms with Gasteiger partial charge in [-0.3, -0.25) is 9.59 Å². The number of unbranched alkanes of at least 4 members (excludes halogenated alkanes) is 1. The van der Waals surface area contributed by atoms with E-state index in [1.807, 2.05) is 12.2 Å². The molecule has 3 heterocycles. The van der Waals surface area contributed by atoms with Gasteiger partial charge < -0.3 is 35.5 Å². The zero-order valence-electron chi connectivity index (χ0n) is 22.7. The molecule has 0 aliphatic carbocycles. The second-order valence-corrected chi connectivity index (χ2v) is 10.0. The Bertz CT molecular complexity index is 1310. The Kier molecular flexibility index (Phi) is 9.91. The van der Waals surface area contributed by atoms with Crippen molar-refractivity contribution < 1.29 is 13.9 Å². The van der Waals surface area contributed by atoms with Crippen LogP contribution in [0.4, 0.5) is 10.1 Å². The molecule has 2 aromatic rings. The van der Waals surface area contributed by atoms with Crippen LogP contribution < -0.4 is 26.5 Å². The van der Waals surface area contributed by atoms with Crippen molar-refractivity contribution in [1.29, 1.82) is 0 Å². The van der Waals surface area contributed by atoms with E-state index in [9.17, 15) is 9.59 Å². The second kappa shape index (κ2) is 13.5. The van der Waals surface area contributed by atoms with Crippen molar-refractivity contribution in [3.63, 3.8) is 0 Å². The summed E-state index contributed by atoms with van der Waals surface area (Å²) in [5, 5.41) is 6.06. The number of nitrogens with zero attached hydrogens (tertiary/aromatic N) is 3. The van der Waals surface area contributed by atoms with E-state index >= 15 is 4.39 Å². The summed E-state index contributed by atoms with van der Waals surface area (Å²) < 4.78 is 23.4. The van der Waals surface area contributed by atoms with Gasteiger partial charge in [0.1, 0.15) is 17.0 Å². The standard InChI is InChI=1S/C29H39FN6O3/c1-21-9-4-3-7-14-36-20-23(29(38)33-11-6-5-10-31)27(37)22-19-24(30)25(28(39-21)26(22)36)32-12-8-13-35-17-15-34(2)16-18-35/h3-4,7,9,19-20,32H,1,5-6,8,10-18,31H2,2H3,(H,33,38)/b7-3-,9-4-. The molecule has 1 aromatic carbocycles. The van der Waals surface area contributed by atoms with Crippen molar-refractivity contribution in [3.05, 3.63) is 70.5 Å². The van der Waals surface area contributed by atoms with Crippen molar-refractivity contribution in [1.82, 2.24) is 19.7 Å². The number of carbonyl (C=O) groups excluding carboxylic acids is 1.